The largest absolute Gasteiger partial charge is 0.478 e. The molecule has 1 aromatic heterocycles. The molecule has 2 aliphatic rings. The Hall–Kier alpha value is -3.91. The van der Waals surface area contributed by atoms with Gasteiger partial charge in [0, 0.05) is 28.4 Å². The minimum atomic E-state index is -1.03. The van der Waals surface area contributed by atoms with Crippen LogP contribution in [0.15, 0.2) is 66.0 Å². The average molecular weight is 463 g/mol. The number of aromatic nitrogens is 2. The number of amides is 1. The number of nitrogens with zero attached hydrogens (tertiary/aromatic N) is 2. The number of halogens is 1. The lowest BCUT2D eigenvalue weighted by Gasteiger charge is -2.33. The van der Waals surface area contributed by atoms with Gasteiger partial charge in [-0.3, -0.25) is 9.59 Å². The molecule has 0 bridgehead atoms. The average Bonchev–Trinajstić information content (AvgIpc) is 3.23. The quantitative estimate of drug-likeness (QED) is 0.525. The van der Waals surface area contributed by atoms with Crippen LogP contribution >= 0.6 is 11.6 Å². The van der Waals surface area contributed by atoms with Gasteiger partial charge in [-0.25, -0.2) is 9.48 Å². The molecule has 2 aromatic carbocycles. The lowest BCUT2D eigenvalue weighted by molar-refractivity contribution is -0.116. The van der Waals surface area contributed by atoms with Gasteiger partial charge in [0.05, 0.1) is 11.8 Å². The smallest absolute Gasteiger partial charge is 0.335 e. The van der Waals surface area contributed by atoms with E-state index in [-0.39, 0.29) is 17.3 Å². The van der Waals surface area contributed by atoms with Gasteiger partial charge in [-0.1, -0.05) is 23.7 Å². The van der Waals surface area contributed by atoms with Crippen molar-refractivity contribution in [1.82, 2.24) is 9.78 Å². The summed E-state index contributed by atoms with van der Waals surface area (Å²) in [6, 6.07) is 12.6. The van der Waals surface area contributed by atoms with Crippen LogP contribution in [0.4, 0.5) is 11.5 Å². The molecule has 8 nitrogen and oxygen atoms in total. The van der Waals surface area contributed by atoms with Gasteiger partial charge in [-0.15, -0.1) is 0 Å². The molecule has 0 radical (unpaired) electrons. The van der Waals surface area contributed by atoms with E-state index < -0.39 is 12.0 Å². The van der Waals surface area contributed by atoms with E-state index in [0.29, 0.717) is 40.5 Å². The van der Waals surface area contributed by atoms with Crippen LogP contribution in [0.3, 0.4) is 0 Å². The van der Waals surface area contributed by atoms with E-state index in [2.05, 4.69) is 15.7 Å². The molecule has 0 spiro atoms. The number of benzene rings is 2. The zero-order chi connectivity index (χ0) is 23.1. The molecule has 0 saturated heterocycles. The number of hydrogen-bond acceptors (Lipinski definition) is 5. The minimum Gasteiger partial charge on any atom is -0.478 e. The van der Waals surface area contributed by atoms with Crippen molar-refractivity contribution in [1.29, 1.82) is 0 Å². The summed E-state index contributed by atoms with van der Waals surface area (Å²) >= 11 is 5.92. The van der Waals surface area contributed by atoms with Gasteiger partial charge < -0.3 is 15.7 Å². The zero-order valence-electron chi connectivity index (χ0n) is 17.3. The number of ketones is 1. The first-order valence-electron chi connectivity index (χ1n) is 10.4. The highest BCUT2D eigenvalue weighted by Crippen LogP contribution is 2.41. The lowest BCUT2D eigenvalue weighted by atomic mass is 9.85. The van der Waals surface area contributed by atoms with Gasteiger partial charge in [0.25, 0.3) is 5.91 Å². The Morgan fingerprint density at radius 2 is 1.82 bits per heavy atom. The summed E-state index contributed by atoms with van der Waals surface area (Å²) < 4.78 is 1.62. The van der Waals surface area contributed by atoms with Crippen LogP contribution in [0.5, 0.6) is 0 Å². The molecule has 3 aromatic rings. The number of nitrogens with one attached hydrogen (secondary N) is 2. The van der Waals surface area contributed by atoms with Crippen molar-refractivity contribution in [2.24, 2.45) is 0 Å². The standard InChI is InChI=1S/C24H19ClN4O4/c25-15-8-10-16(11-9-15)27-23(31)17-12-26-29-21(13-4-6-14(7-5-13)24(32)33)20-18(28-22(17)29)2-1-3-19(20)30/h4-12,21,28H,1-3H2,(H,27,31)(H,32,33). The van der Waals surface area contributed by atoms with E-state index in [1.54, 1.807) is 41.1 Å². The number of aromatic carboxylic acids is 1. The molecule has 3 N–H and O–H groups in total. The number of carboxylic acid groups (broad SMARTS) is 1. The Morgan fingerprint density at radius 1 is 1.09 bits per heavy atom. The van der Waals surface area contributed by atoms with E-state index >= 15 is 0 Å². The second kappa shape index (κ2) is 8.22. The first kappa shape index (κ1) is 21.0. The Bertz CT molecular complexity index is 1310. The van der Waals surface area contributed by atoms with Crippen molar-refractivity contribution in [3.63, 3.8) is 0 Å². The number of allylic oxidation sites excluding steroid dienone is 2. The molecule has 33 heavy (non-hydrogen) atoms. The predicted molar refractivity (Wildman–Crippen MR) is 123 cm³/mol. The molecule has 5 rings (SSSR count). The van der Waals surface area contributed by atoms with Crippen molar-refractivity contribution in [3.05, 3.63) is 87.7 Å². The van der Waals surface area contributed by atoms with Crippen molar-refractivity contribution >= 4 is 40.8 Å². The SMILES string of the molecule is O=C1CCCC2=C1C(c1ccc(C(=O)O)cc1)n1ncc(C(=O)Nc3ccc(Cl)cc3)c1N2. The third kappa shape index (κ3) is 3.78. The Labute approximate surface area is 193 Å². The van der Waals surface area contributed by atoms with E-state index in [1.165, 1.54) is 18.3 Å². The molecule has 0 fully saturated rings. The molecule has 1 aliphatic carbocycles. The van der Waals surface area contributed by atoms with Gasteiger partial charge in [0.1, 0.15) is 17.4 Å². The van der Waals surface area contributed by atoms with E-state index in [0.717, 1.165) is 17.7 Å². The maximum absolute atomic E-state index is 13.0. The van der Waals surface area contributed by atoms with E-state index in [9.17, 15) is 19.5 Å². The molecule has 1 aliphatic heterocycles. The predicted octanol–water partition coefficient (Wildman–Crippen LogP) is 4.51. The van der Waals surface area contributed by atoms with Crippen LogP contribution in [0.2, 0.25) is 5.02 Å². The normalized spacial score (nSPS) is 17.1. The van der Waals surface area contributed by atoms with Crippen LogP contribution < -0.4 is 10.6 Å². The number of rotatable bonds is 4. The fourth-order valence-electron chi connectivity index (χ4n) is 4.27. The molecule has 0 saturated carbocycles. The summed E-state index contributed by atoms with van der Waals surface area (Å²) in [6.45, 7) is 0. The molecule has 9 heteroatoms. The molecule has 166 valence electrons. The Kier molecular flexibility index (Phi) is 5.22. The third-order valence-electron chi connectivity index (χ3n) is 5.86. The summed E-state index contributed by atoms with van der Waals surface area (Å²) in [7, 11) is 0. The number of carboxylic acids is 1. The van der Waals surface area contributed by atoms with Gasteiger partial charge in [-0.05, 0) is 54.8 Å². The van der Waals surface area contributed by atoms with Crippen LogP contribution in [0.25, 0.3) is 0 Å². The molecule has 1 atom stereocenters. The van der Waals surface area contributed by atoms with Crippen molar-refractivity contribution in [2.45, 2.75) is 25.3 Å². The highest BCUT2D eigenvalue weighted by atomic mass is 35.5. The topological polar surface area (TPSA) is 113 Å². The fraction of sp³-hybridized carbons (Fsp3) is 0.167. The summed E-state index contributed by atoms with van der Waals surface area (Å²) in [4.78, 5) is 37.2. The summed E-state index contributed by atoms with van der Waals surface area (Å²) in [5, 5.41) is 20.3. The monoisotopic (exact) mass is 462 g/mol. The van der Waals surface area contributed by atoms with Gasteiger partial charge in [0.15, 0.2) is 5.78 Å². The van der Waals surface area contributed by atoms with Gasteiger partial charge in [-0.2, -0.15) is 5.10 Å². The number of Topliss-reactive ketones (excluding diaryl/α,β-unsaturated/α-hetero) is 1. The van der Waals surface area contributed by atoms with Crippen molar-refractivity contribution < 1.29 is 19.5 Å². The van der Waals surface area contributed by atoms with E-state index in [4.69, 9.17) is 11.6 Å². The third-order valence-corrected chi connectivity index (χ3v) is 6.11. The summed E-state index contributed by atoms with van der Waals surface area (Å²) in [6.07, 6.45) is 3.30. The molecule has 1 unspecified atom stereocenters. The van der Waals surface area contributed by atoms with Crippen molar-refractivity contribution in [3.8, 4) is 0 Å². The number of anilines is 2. The van der Waals surface area contributed by atoms with Crippen LogP contribution in [-0.2, 0) is 4.79 Å². The number of fused-ring (bicyclic) bond motifs is 1. The second-order valence-electron chi connectivity index (χ2n) is 7.94. The number of carbonyl (C=O) groups excluding carboxylic acids is 2. The number of hydrogen-bond donors (Lipinski definition) is 3. The maximum Gasteiger partial charge on any atom is 0.335 e. The molecular weight excluding hydrogens is 444 g/mol. The first-order chi connectivity index (χ1) is 15.9. The molecule has 1 amide bonds. The summed E-state index contributed by atoms with van der Waals surface area (Å²) in [5.74, 6) is -0.870. The summed E-state index contributed by atoms with van der Waals surface area (Å²) in [5.41, 5.74) is 3.17. The highest BCUT2D eigenvalue weighted by molar-refractivity contribution is 6.30. The highest BCUT2D eigenvalue weighted by Gasteiger charge is 2.37. The maximum atomic E-state index is 13.0. The lowest BCUT2D eigenvalue weighted by Crippen LogP contribution is -2.32. The Balaban J connectivity index is 1.56. The van der Waals surface area contributed by atoms with Gasteiger partial charge >= 0.3 is 5.97 Å². The van der Waals surface area contributed by atoms with E-state index in [1.807, 2.05) is 0 Å². The second-order valence-corrected chi connectivity index (χ2v) is 8.37. The molecular formula is C24H19ClN4O4. The fourth-order valence-corrected chi connectivity index (χ4v) is 4.40. The number of carbonyl (C=O) groups is 3. The minimum absolute atomic E-state index is 0.0179. The van der Waals surface area contributed by atoms with Gasteiger partial charge in [0.2, 0.25) is 0 Å². The van der Waals surface area contributed by atoms with Crippen molar-refractivity contribution in [2.75, 3.05) is 10.6 Å². The van der Waals surface area contributed by atoms with Crippen LogP contribution in [0, 0.1) is 0 Å². The molecule has 2 heterocycles. The zero-order valence-corrected chi connectivity index (χ0v) is 18.1. The van der Waals surface area contributed by atoms with Crippen LogP contribution in [-0.4, -0.2) is 32.5 Å². The Morgan fingerprint density at radius 3 is 2.52 bits per heavy atom. The van der Waals surface area contributed by atoms with Crippen LogP contribution in [0.1, 0.15) is 51.6 Å². The first-order valence-corrected chi connectivity index (χ1v) is 10.8.